The second-order valence-electron chi connectivity index (χ2n) is 8.03. The van der Waals surface area contributed by atoms with Crippen molar-refractivity contribution < 1.29 is 31.2 Å². The number of quaternary nitrogens is 1. The molecule has 0 radical (unpaired) electrons. The van der Waals surface area contributed by atoms with Crippen LogP contribution in [0, 0.1) is 0 Å². The molecular formula is C24H28ClN3O3. The summed E-state index contributed by atoms with van der Waals surface area (Å²) in [7, 11) is 3.51. The molecule has 2 aromatic carbocycles. The summed E-state index contributed by atoms with van der Waals surface area (Å²) in [5.41, 5.74) is 3.05. The fraction of sp³-hybridized carbons (Fsp3) is 0.333. The molecule has 7 heteroatoms. The van der Waals surface area contributed by atoms with Gasteiger partial charge >= 0.3 is 5.91 Å². The molecule has 1 N–H and O–H groups in total. The molecule has 164 valence electrons. The number of rotatable bonds is 6. The third kappa shape index (κ3) is 4.45. The molecule has 2 aromatic rings. The summed E-state index contributed by atoms with van der Waals surface area (Å²) in [6, 6.07) is 17.7. The highest BCUT2D eigenvalue weighted by molar-refractivity contribution is 6.19. The van der Waals surface area contributed by atoms with Crippen LogP contribution in [0.4, 0.5) is 5.69 Å². The Morgan fingerprint density at radius 3 is 2.19 bits per heavy atom. The van der Waals surface area contributed by atoms with E-state index in [0.29, 0.717) is 22.4 Å². The first kappa shape index (κ1) is 22.8. The molecule has 31 heavy (non-hydrogen) atoms. The average Bonchev–Trinajstić information content (AvgIpc) is 3.09. The number of amides is 2. The van der Waals surface area contributed by atoms with Crippen LogP contribution in [0.5, 0.6) is 5.75 Å². The summed E-state index contributed by atoms with van der Waals surface area (Å²) in [6.45, 7) is 2.36. The van der Waals surface area contributed by atoms with Gasteiger partial charge in [-0.15, -0.1) is 0 Å². The maximum atomic E-state index is 13.1. The number of benzene rings is 2. The van der Waals surface area contributed by atoms with E-state index >= 15 is 0 Å². The average molecular weight is 442 g/mol. The molecule has 0 saturated carbocycles. The number of hydrogen-bond acceptors (Lipinski definition) is 4. The van der Waals surface area contributed by atoms with Crippen LogP contribution in [0.3, 0.4) is 0 Å². The van der Waals surface area contributed by atoms with Crippen molar-refractivity contribution in [3.63, 3.8) is 0 Å². The van der Waals surface area contributed by atoms with E-state index in [0.717, 1.165) is 49.4 Å². The lowest BCUT2D eigenvalue weighted by molar-refractivity contribution is -0.905. The van der Waals surface area contributed by atoms with Crippen LogP contribution in [0.1, 0.15) is 24.8 Å². The molecule has 2 aliphatic heterocycles. The topological polar surface area (TPSA) is 58.6 Å². The van der Waals surface area contributed by atoms with Gasteiger partial charge in [0.25, 0.3) is 5.91 Å². The number of carbonyl (C=O) groups excluding carboxylic acids is 2. The number of carbonyl (C=O) groups is 2. The van der Waals surface area contributed by atoms with Gasteiger partial charge in [-0.1, -0.05) is 18.2 Å². The number of piperidine rings is 1. The van der Waals surface area contributed by atoms with Gasteiger partial charge in [0.1, 0.15) is 12.3 Å². The zero-order valence-electron chi connectivity index (χ0n) is 17.9. The summed E-state index contributed by atoms with van der Waals surface area (Å²) in [5.74, 6) is 0.216. The number of imide groups is 1. The van der Waals surface area contributed by atoms with E-state index in [-0.39, 0.29) is 24.2 Å². The van der Waals surface area contributed by atoms with E-state index in [4.69, 9.17) is 4.74 Å². The normalized spacial score (nSPS) is 17.7. The summed E-state index contributed by atoms with van der Waals surface area (Å²) in [4.78, 5) is 27.8. The maximum absolute atomic E-state index is 13.1. The van der Waals surface area contributed by atoms with Crippen molar-refractivity contribution >= 4 is 17.5 Å². The van der Waals surface area contributed by atoms with Crippen LogP contribution in [-0.4, -0.2) is 43.5 Å². The summed E-state index contributed by atoms with van der Waals surface area (Å²) < 4.78 is 5.78. The Bertz CT molecular complexity index is 967. The Morgan fingerprint density at radius 2 is 1.58 bits per heavy atom. The largest absolute Gasteiger partial charge is 1.00 e. The van der Waals surface area contributed by atoms with E-state index in [1.807, 2.05) is 66.5 Å². The minimum atomic E-state index is -0.320. The lowest BCUT2D eigenvalue weighted by Crippen LogP contribution is -3.00. The van der Waals surface area contributed by atoms with Crippen LogP contribution in [0.2, 0.25) is 0 Å². The van der Waals surface area contributed by atoms with E-state index < -0.39 is 0 Å². The maximum Gasteiger partial charge on any atom is 0.314 e. The molecule has 1 saturated heterocycles. The number of nitrogens with zero attached hydrogens (tertiary/aromatic N) is 2. The van der Waals surface area contributed by atoms with Crippen LogP contribution >= 0.6 is 0 Å². The third-order valence-corrected chi connectivity index (χ3v) is 6.15. The summed E-state index contributed by atoms with van der Waals surface area (Å²) >= 11 is 0. The highest BCUT2D eigenvalue weighted by Crippen LogP contribution is 2.35. The van der Waals surface area contributed by atoms with Crippen LogP contribution in [0.25, 0.3) is 0 Å². The van der Waals surface area contributed by atoms with Crippen molar-refractivity contribution in [1.82, 2.24) is 5.32 Å². The van der Waals surface area contributed by atoms with E-state index in [1.165, 1.54) is 0 Å². The SMILES string of the molecule is COc1ccc(C[N+]2(C3=C(N(C)c4ccccc4)C(=O)NC3=O)CCCCC2)cc1.[Cl-]. The predicted molar refractivity (Wildman–Crippen MR) is 116 cm³/mol. The molecule has 2 amide bonds. The number of halogens is 1. The fourth-order valence-electron chi connectivity index (χ4n) is 4.63. The predicted octanol–water partition coefficient (Wildman–Crippen LogP) is 0.204. The molecular weight excluding hydrogens is 414 g/mol. The number of anilines is 1. The minimum Gasteiger partial charge on any atom is -1.00 e. The quantitative estimate of drug-likeness (QED) is 0.514. The molecule has 0 unspecified atom stereocenters. The zero-order chi connectivity index (χ0) is 21.1. The van der Waals surface area contributed by atoms with Gasteiger partial charge in [-0.3, -0.25) is 19.4 Å². The van der Waals surface area contributed by atoms with Crippen molar-refractivity contribution in [2.45, 2.75) is 25.8 Å². The van der Waals surface area contributed by atoms with Crippen molar-refractivity contribution in [2.75, 3.05) is 32.1 Å². The monoisotopic (exact) mass is 441 g/mol. The zero-order valence-corrected chi connectivity index (χ0v) is 18.7. The number of hydrogen-bond donors (Lipinski definition) is 1. The Hall–Kier alpha value is -2.83. The summed E-state index contributed by atoms with van der Waals surface area (Å²) in [5, 5.41) is 2.56. The van der Waals surface area contributed by atoms with Gasteiger partial charge in [0, 0.05) is 18.3 Å². The second-order valence-corrected chi connectivity index (χ2v) is 8.03. The van der Waals surface area contributed by atoms with Gasteiger partial charge < -0.3 is 22.0 Å². The van der Waals surface area contributed by atoms with Crippen LogP contribution < -0.4 is 27.4 Å². The molecule has 1 fully saturated rings. The number of para-hydroxylation sites is 1. The van der Waals surface area contributed by atoms with Crippen LogP contribution in [0.15, 0.2) is 66.0 Å². The Morgan fingerprint density at radius 1 is 0.935 bits per heavy atom. The van der Waals surface area contributed by atoms with Gasteiger partial charge in [-0.25, -0.2) is 0 Å². The first-order chi connectivity index (χ1) is 14.5. The Balaban J connectivity index is 0.00000272. The van der Waals surface area contributed by atoms with Gasteiger partial charge in [0.2, 0.25) is 5.70 Å². The molecule has 0 bridgehead atoms. The highest BCUT2D eigenvalue weighted by atomic mass is 35.5. The minimum absolute atomic E-state index is 0. The standard InChI is InChI=1S/C24H27N3O3.ClH/c1-26(19-9-5-3-6-10-19)21-22(24(29)25-23(21)28)27(15-7-4-8-16-27)17-18-11-13-20(30-2)14-12-18;/h3,5-6,9-14H,4,7-8,15-17H2,1-2H3;1H. The van der Waals surface area contributed by atoms with E-state index in [9.17, 15) is 9.59 Å². The first-order valence-corrected chi connectivity index (χ1v) is 10.4. The molecule has 2 heterocycles. The number of likely N-dealkylation sites (N-methyl/N-ethyl adjacent to an activating group) is 1. The fourth-order valence-corrected chi connectivity index (χ4v) is 4.63. The van der Waals surface area contributed by atoms with Crippen molar-refractivity contribution in [1.29, 1.82) is 0 Å². The molecule has 0 spiro atoms. The van der Waals surface area contributed by atoms with Gasteiger partial charge in [0.05, 0.1) is 20.2 Å². The molecule has 2 aliphatic rings. The number of ether oxygens (including phenoxy) is 1. The van der Waals surface area contributed by atoms with Crippen LogP contribution in [-0.2, 0) is 16.1 Å². The second kappa shape index (κ2) is 9.54. The van der Waals surface area contributed by atoms with Gasteiger partial charge in [0.15, 0.2) is 5.70 Å². The van der Waals surface area contributed by atoms with Crippen molar-refractivity contribution in [3.8, 4) is 5.75 Å². The number of likely N-dealkylation sites (tertiary alicyclic amines) is 1. The van der Waals surface area contributed by atoms with Crippen molar-refractivity contribution in [3.05, 3.63) is 71.6 Å². The number of methoxy groups -OCH3 is 1. The van der Waals surface area contributed by atoms with Gasteiger partial charge in [-0.2, -0.15) is 0 Å². The number of nitrogens with one attached hydrogen (secondary N) is 1. The molecule has 0 atom stereocenters. The third-order valence-electron chi connectivity index (χ3n) is 6.15. The summed E-state index contributed by atoms with van der Waals surface area (Å²) in [6.07, 6.45) is 3.21. The lowest BCUT2D eigenvalue weighted by atomic mass is 10.0. The molecule has 4 rings (SSSR count). The molecule has 0 aliphatic carbocycles. The van der Waals surface area contributed by atoms with E-state index in [2.05, 4.69) is 5.32 Å². The van der Waals surface area contributed by atoms with E-state index in [1.54, 1.807) is 7.11 Å². The highest BCUT2D eigenvalue weighted by Gasteiger charge is 2.48. The van der Waals surface area contributed by atoms with Gasteiger partial charge in [-0.05, 0) is 55.7 Å². The smallest absolute Gasteiger partial charge is 0.314 e. The van der Waals surface area contributed by atoms with Crippen molar-refractivity contribution in [2.24, 2.45) is 0 Å². The molecule has 0 aromatic heterocycles. The first-order valence-electron chi connectivity index (χ1n) is 10.4. The Labute approximate surface area is 189 Å². The lowest BCUT2D eigenvalue weighted by Gasteiger charge is -2.41. The Kier molecular flexibility index (Phi) is 7.03. The molecule has 6 nitrogen and oxygen atoms in total.